The number of anilines is 2. The third-order valence-electron chi connectivity index (χ3n) is 4.98. The van der Waals surface area contributed by atoms with E-state index in [9.17, 15) is 19.5 Å². The molecule has 0 aromatic heterocycles. The van der Waals surface area contributed by atoms with Crippen molar-refractivity contribution in [3.63, 3.8) is 0 Å². The lowest BCUT2D eigenvalue weighted by molar-refractivity contribution is -0.121. The molecule has 0 radical (unpaired) electrons. The van der Waals surface area contributed by atoms with Gasteiger partial charge in [-0.2, -0.15) is 0 Å². The van der Waals surface area contributed by atoms with Crippen LogP contribution >= 0.6 is 0 Å². The largest absolute Gasteiger partial charge is 0.507 e. The average Bonchev–Trinajstić information content (AvgIpc) is 3.24. The Morgan fingerprint density at radius 1 is 1.21 bits per heavy atom. The van der Waals surface area contributed by atoms with E-state index in [0.29, 0.717) is 18.7 Å². The Kier molecular flexibility index (Phi) is 5.97. The fourth-order valence-corrected chi connectivity index (χ4v) is 3.35. The molecule has 1 aliphatic rings. The van der Waals surface area contributed by atoms with Crippen molar-refractivity contribution in [2.75, 3.05) is 30.4 Å². The molecule has 3 rings (SSSR count). The molecule has 0 saturated carbocycles. The number of nitrogens with zero attached hydrogens (tertiary/aromatic N) is 2. The van der Waals surface area contributed by atoms with Crippen LogP contribution in [0.15, 0.2) is 61.2 Å². The molecule has 1 aliphatic heterocycles. The molecule has 29 heavy (non-hydrogen) atoms. The number of aromatic hydroxyl groups is 1. The molecule has 7 nitrogen and oxygen atoms in total. The number of rotatable bonds is 5. The number of phenolic OH excluding ortho intramolecular Hbond substituents is 1. The van der Waals surface area contributed by atoms with Crippen LogP contribution in [0, 0.1) is 5.92 Å². The van der Waals surface area contributed by atoms with E-state index in [2.05, 4.69) is 11.9 Å². The fraction of sp³-hybridized carbons (Fsp3) is 0.227. The molecule has 7 heteroatoms. The molecule has 0 spiro atoms. The third-order valence-corrected chi connectivity index (χ3v) is 4.98. The van der Waals surface area contributed by atoms with E-state index in [1.165, 1.54) is 18.2 Å². The number of hydrogen-bond acceptors (Lipinski definition) is 4. The van der Waals surface area contributed by atoms with Crippen molar-refractivity contribution < 1.29 is 19.5 Å². The molecule has 2 aromatic carbocycles. The summed E-state index contributed by atoms with van der Waals surface area (Å²) < 4.78 is 0. The monoisotopic (exact) mass is 393 g/mol. The van der Waals surface area contributed by atoms with Gasteiger partial charge in [0.15, 0.2) is 0 Å². The predicted octanol–water partition coefficient (Wildman–Crippen LogP) is 2.64. The maximum absolute atomic E-state index is 12.9. The zero-order chi connectivity index (χ0) is 21.0. The molecule has 0 bridgehead atoms. The van der Waals surface area contributed by atoms with Crippen LogP contribution in [-0.4, -0.2) is 47.9 Å². The molecule has 0 aliphatic carbocycles. The van der Waals surface area contributed by atoms with Crippen LogP contribution in [-0.2, 0) is 9.59 Å². The summed E-state index contributed by atoms with van der Waals surface area (Å²) in [6, 6.07) is 13.6. The van der Waals surface area contributed by atoms with Crippen LogP contribution in [0.4, 0.5) is 11.4 Å². The van der Waals surface area contributed by atoms with Crippen molar-refractivity contribution >= 4 is 29.1 Å². The van der Waals surface area contributed by atoms with Crippen molar-refractivity contribution in [3.8, 4) is 5.75 Å². The van der Waals surface area contributed by atoms with Crippen LogP contribution in [0.3, 0.4) is 0 Å². The topological polar surface area (TPSA) is 90.0 Å². The molecule has 2 aromatic rings. The smallest absolute Gasteiger partial charge is 0.257 e. The Morgan fingerprint density at radius 2 is 1.93 bits per heavy atom. The van der Waals surface area contributed by atoms with Crippen molar-refractivity contribution in [1.29, 1.82) is 0 Å². The maximum atomic E-state index is 12.9. The Morgan fingerprint density at radius 3 is 2.62 bits per heavy atom. The zero-order valence-corrected chi connectivity index (χ0v) is 16.2. The van der Waals surface area contributed by atoms with Gasteiger partial charge in [0.1, 0.15) is 5.75 Å². The van der Waals surface area contributed by atoms with Crippen LogP contribution in [0.5, 0.6) is 5.75 Å². The molecule has 1 atom stereocenters. The van der Waals surface area contributed by atoms with Gasteiger partial charge in [0.2, 0.25) is 11.8 Å². The van der Waals surface area contributed by atoms with Gasteiger partial charge in [-0.3, -0.25) is 14.4 Å². The van der Waals surface area contributed by atoms with Gasteiger partial charge in [-0.15, -0.1) is 0 Å². The number of phenols is 1. The first-order valence-electron chi connectivity index (χ1n) is 9.29. The molecule has 1 saturated heterocycles. The van der Waals surface area contributed by atoms with E-state index in [1.54, 1.807) is 16.8 Å². The maximum Gasteiger partial charge on any atom is 0.257 e. The summed E-state index contributed by atoms with van der Waals surface area (Å²) in [5.41, 5.74) is 1.26. The highest BCUT2D eigenvalue weighted by Crippen LogP contribution is 2.27. The fourth-order valence-electron chi connectivity index (χ4n) is 3.35. The molecule has 1 unspecified atom stereocenters. The predicted molar refractivity (Wildman–Crippen MR) is 111 cm³/mol. The number of nitrogens with one attached hydrogen (secondary N) is 1. The highest BCUT2D eigenvalue weighted by molar-refractivity contribution is 6.02. The lowest BCUT2D eigenvalue weighted by atomic mass is 10.1. The number of likely N-dealkylation sites (tertiary alicyclic amines) is 1. The van der Waals surface area contributed by atoms with Crippen molar-refractivity contribution in [3.05, 3.63) is 66.7 Å². The first-order chi connectivity index (χ1) is 13.9. The normalized spacial score (nSPS) is 15.6. The minimum atomic E-state index is -0.412. The van der Waals surface area contributed by atoms with E-state index in [-0.39, 0.29) is 35.6 Å². The molecule has 150 valence electrons. The summed E-state index contributed by atoms with van der Waals surface area (Å²) in [5.74, 6) is -1.33. The Hall–Kier alpha value is -3.61. The number of benzene rings is 2. The van der Waals surface area contributed by atoms with Crippen LogP contribution in [0.1, 0.15) is 16.8 Å². The van der Waals surface area contributed by atoms with Crippen LogP contribution in [0.2, 0.25) is 0 Å². The van der Waals surface area contributed by atoms with E-state index in [0.717, 1.165) is 11.8 Å². The van der Waals surface area contributed by atoms with Crippen molar-refractivity contribution in [2.45, 2.75) is 6.42 Å². The highest BCUT2D eigenvalue weighted by atomic mass is 16.3. The van der Waals surface area contributed by atoms with Gasteiger partial charge in [-0.1, -0.05) is 24.8 Å². The second-order valence-electron chi connectivity index (χ2n) is 6.89. The van der Waals surface area contributed by atoms with E-state index in [4.69, 9.17) is 0 Å². The number of para-hydroxylation sites is 1. The third kappa shape index (κ3) is 4.45. The Labute approximate surface area is 169 Å². The molecular formula is C22H23N3O4. The molecule has 3 amide bonds. The molecule has 1 fully saturated rings. The van der Waals surface area contributed by atoms with Gasteiger partial charge in [-0.05, 0) is 42.8 Å². The van der Waals surface area contributed by atoms with Gasteiger partial charge in [-0.25, -0.2) is 0 Å². The summed E-state index contributed by atoms with van der Waals surface area (Å²) in [6.07, 6.45) is 1.67. The van der Waals surface area contributed by atoms with Crippen LogP contribution in [0.25, 0.3) is 0 Å². The lowest BCUT2D eigenvalue weighted by Crippen LogP contribution is -2.36. The second-order valence-corrected chi connectivity index (χ2v) is 6.89. The van der Waals surface area contributed by atoms with Crippen molar-refractivity contribution in [1.82, 2.24) is 4.90 Å². The summed E-state index contributed by atoms with van der Waals surface area (Å²) >= 11 is 0. The van der Waals surface area contributed by atoms with Crippen LogP contribution < -0.4 is 10.2 Å². The van der Waals surface area contributed by atoms with E-state index < -0.39 is 5.91 Å². The standard InChI is InChI=1S/C22H23N3O4/c1-3-20(27)23-16-9-10-19(26)18(13-16)22(29)25-12-11-15(14-25)21(28)24(2)17-7-5-4-6-8-17/h3-10,13,15,26H,1,11-12,14H2,2H3,(H,23,27). The van der Waals surface area contributed by atoms with Gasteiger partial charge in [0.25, 0.3) is 5.91 Å². The number of carbonyl (C=O) groups is 3. The van der Waals surface area contributed by atoms with Crippen molar-refractivity contribution in [2.24, 2.45) is 5.92 Å². The number of carbonyl (C=O) groups excluding carboxylic acids is 3. The molecule has 2 N–H and O–H groups in total. The SMILES string of the molecule is C=CC(=O)Nc1ccc(O)c(C(=O)N2CCC(C(=O)N(C)c3ccccc3)C2)c1. The Bertz CT molecular complexity index is 942. The zero-order valence-electron chi connectivity index (χ0n) is 16.2. The van der Waals surface area contributed by atoms with E-state index >= 15 is 0 Å². The van der Waals surface area contributed by atoms with Gasteiger partial charge in [0, 0.05) is 31.5 Å². The second kappa shape index (κ2) is 8.60. The number of hydrogen-bond donors (Lipinski definition) is 2. The molecular weight excluding hydrogens is 370 g/mol. The average molecular weight is 393 g/mol. The van der Waals surface area contributed by atoms with Gasteiger partial charge >= 0.3 is 0 Å². The van der Waals surface area contributed by atoms with E-state index in [1.807, 2.05) is 30.3 Å². The van der Waals surface area contributed by atoms with Gasteiger partial charge in [0.05, 0.1) is 11.5 Å². The quantitative estimate of drug-likeness (QED) is 0.604. The first kappa shape index (κ1) is 20.1. The first-order valence-corrected chi connectivity index (χ1v) is 9.29. The summed E-state index contributed by atoms with van der Waals surface area (Å²) in [4.78, 5) is 40.3. The van der Waals surface area contributed by atoms with Gasteiger partial charge < -0.3 is 20.2 Å². The Balaban J connectivity index is 1.70. The molecule has 1 heterocycles. The number of amides is 3. The summed E-state index contributed by atoms with van der Waals surface area (Å²) in [6.45, 7) is 4.08. The highest BCUT2D eigenvalue weighted by Gasteiger charge is 2.34. The summed E-state index contributed by atoms with van der Waals surface area (Å²) in [7, 11) is 1.72. The lowest BCUT2D eigenvalue weighted by Gasteiger charge is -2.22. The summed E-state index contributed by atoms with van der Waals surface area (Å²) in [5, 5.41) is 12.7. The minimum Gasteiger partial charge on any atom is -0.507 e. The minimum absolute atomic E-state index is 0.0530.